The lowest BCUT2D eigenvalue weighted by atomic mass is 9.86. The quantitative estimate of drug-likeness (QED) is 0.354. The minimum Gasteiger partial charge on any atom is -0.453 e. The van der Waals surface area contributed by atoms with Gasteiger partial charge in [-0.2, -0.15) is 0 Å². The van der Waals surface area contributed by atoms with E-state index in [-0.39, 0.29) is 12.6 Å². The molecule has 0 aromatic heterocycles. The van der Waals surface area contributed by atoms with E-state index in [1.54, 1.807) is 5.01 Å². The number of unbranched alkanes of at least 4 members (excludes halogenated alkanes) is 1. The summed E-state index contributed by atoms with van der Waals surface area (Å²) in [5.74, 6) is -0.309. The zero-order valence-corrected chi connectivity index (χ0v) is 16.2. The molecule has 0 radical (unpaired) electrons. The highest BCUT2D eigenvalue weighted by molar-refractivity contribution is 5.86. The molecule has 26 heavy (non-hydrogen) atoms. The molecule has 4 N–H and O–H groups in total. The van der Waals surface area contributed by atoms with Crippen LogP contribution in [0.15, 0.2) is 30.3 Å². The van der Waals surface area contributed by atoms with Crippen LogP contribution in [0.4, 0.5) is 4.79 Å². The van der Waals surface area contributed by atoms with Crippen LogP contribution >= 0.6 is 0 Å². The van der Waals surface area contributed by atoms with Crippen LogP contribution in [-0.2, 0) is 16.0 Å². The van der Waals surface area contributed by atoms with Gasteiger partial charge < -0.3 is 15.8 Å². The van der Waals surface area contributed by atoms with E-state index in [1.165, 1.54) is 12.7 Å². The second-order valence-electron chi connectivity index (χ2n) is 7.30. The Kier molecular flexibility index (Phi) is 9.09. The summed E-state index contributed by atoms with van der Waals surface area (Å²) < 4.78 is 4.61. The Morgan fingerprint density at radius 1 is 1.19 bits per heavy atom. The third kappa shape index (κ3) is 7.84. The summed E-state index contributed by atoms with van der Waals surface area (Å²) in [6, 6.07) is 9.55. The van der Waals surface area contributed by atoms with Crippen molar-refractivity contribution in [2.75, 3.05) is 20.3 Å². The van der Waals surface area contributed by atoms with Gasteiger partial charge in [0.1, 0.15) is 6.04 Å². The molecular weight excluding hydrogens is 332 g/mol. The van der Waals surface area contributed by atoms with Crippen molar-refractivity contribution in [3.63, 3.8) is 0 Å². The Morgan fingerprint density at radius 3 is 2.38 bits per heavy atom. The third-order valence-corrected chi connectivity index (χ3v) is 4.05. The molecule has 7 heteroatoms. The van der Waals surface area contributed by atoms with E-state index in [1.807, 2.05) is 39.0 Å². The average Bonchev–Trinajstić information content (AvgIpc) is 2.61. The number of hydrogen-bond donors (Lipinski definition) is 3. The third-order valence-electron chi connectivity index (χ3n) is 4.05. The predicted octanol–water partition coefficient (Wildman–Crippen LogP) is 2.03. The van der Waals surface area contributed by atoms with Crippen molar-refractivity contribution < 1.29 is 14.3 Å². The number of methoxy groups -OCH3 is 1. The van der Waals surface area contributed by atoms with E-state index < -0.39 is 17.6 Å². The number of nitrogens with one attached hydrogen (secondary N) is 2. The highest BCUT2D eigenvalue weighted by atomic mass is 16.5. The van der Waals surface area contributed by atoms with Crippen LogP contribution in [0.25, 0.3) is 0 Å². The fourth-order valence-electron chi connectivity index (χ4n) is 2.54. The molecule has 0 heterocycles. The molecule has 0 spiro atoms. The van der Waals surface area contributed by atoms with Gasteiger partial charge in [-0.1, -0.05) is 51.1 Å². The van der Waals surface area contributed by atoms with Crippen molar-refractivity contribution in [3.8, 4) is 0 Å². The SMILES string of the molecule is COC(=O)N[C@H](C(=O)NN(CN)CCCCc1ccccc1)C(C)(C)C. The number of carbonyl (C=O) groups excluding carboxylic acids is 2. The van der Waals surface area contributed by atoms with Crippen molar-refractivity contribution in [1.82, 2.24) is 15.8 Å². The zero-order chi connectivity index (χ0) is 19.6. The summed E-state index contributed by atoms with van der Waals surface area (Å²) in [5, 5.41) is 4.26. The molecule has 0 saturated carbocycles. The van der Waals surface area contributed by atoms with Gasteiger partial charge in [-0.15, -0.1) is 0 Å². The van der Waals surface area contributed by atoms with Crippen LogP contribution in [0.5, 0.6) is 0 Å². The van der Waals surface area contributed by atoms with Crippen LogP contribution in [0.3, 0.4) is 0 Å². The van der Waals surface area contributed by atoms with Gasteiger partial charge in [-0.25, -0.2) is 9.80 Å². The van der Waals surface area contributed by atoms with E-state index in [4.69, 9.17) is 5.73 Å². The largest absolute Gasteiger partial charge is 0.453 e. The fraction of sp³-hybridized carbons (Fsp3) is 0.579. The first-order valence-corrected chi connectivity index (χ1v) is 8.92. The van der Waals surface area contributed by atoms with Crippen LogP contribution in [-0.4, -0.2) is 43.4 Å². The second kappa shape index (κ2) is 10.8. The summed E-state index contributed by atoms with van der Waals surface area (Å²) in [4.78, 5) is 24.1. The lowest BCUT2D eigenvalue weighted by molar-refractivity contribution is -0.130. The fourth-order valence-corrected chi connectivity index (χ4v) is 2.54. The molecule has 0 unspecified atom stereocenters. The Hall–Kier alpha value is -2.12. The zero-order valence-electron chi connectivity index (χ0n) is 16.2. The van der Waals surface area contributed by atoms with E-state index in [2.05, 4.69) is 27.6 Å². The van der Waals surface area contributed by atoms with Crippen LogP contribution in [0, 0.1) is 5.41 Å². The summed E-state index contributed by atoms with van der Waals surface area (Å²) in [6.07, 6.45) is 2.25. The molecule has 0 aliphatic carbocycles. The molecule has 1 aromatic carbocycles. The number of nitrogens with two attached hydrogens (primary N) is 1. The van der Waals surface area contributed by atoms with Crippen LogP contribution in [0.2, 0.25) is 0 Å². The lowest BCUT2D eigenvalue weighted by Crippen LogP contribution is -2.58. The maximum absolute atomic E-state index is 12.6. The topological polar surface area (TPSA) is 96.7 Å². The Bertz CT molecular complexity index is 558. The summed E-state index contributed by atoms with van der Waals surface area (Å²) >= 11 is 0. The number of amides is 2. The van der Waals surface area contributed by atoms with Gasteiger partial charge in [0, 0.05) is 6.54 Å². The van der Waals surface area contributed by atoms with Crippen molar-refractivity contribution >= 4 is 12.0 Å². The Labute approximate surface area is 156 Å². The van der Waals surface area contributed by atoms with E-state index in [0.717, 1.165) is 19.3 Å². The summed E-state index contributed by atoms with van der Waals surface area (Å²) in [6.45, 7) is 6.47. The van der Waals surface area contributed by atoms with Gasteiger partial charge >= 0.3 is 6.09 Å². The monoisotopic (exact) mass is 364 g/mol. The normalized spacial score (nSPS) is 12.5. The van der Waals surface area contributed by atoms with Crippen molar-refractivity contribution in [2.45, 2.75) is 46.1 Å². The van der Waals surface area contributed by atoms with Gasteiger partial charge in [-0.3, -0.25) is 10.2 Å². The Balaban J connectivity index is 2.50. The molecule has 2 amide bonds. The van der Waals surface area contributed by atoms with Gasteiger partial charge in [0.05, 0.1) is 13.8 Å². The average molecular weight is 364 g/mol. The van der Waals surface area contributed by atoms with E-state index in [0.29, 0.717) is 6.54 Å². The first-order valence-electron chi connectivity index (χ1n) is 8.92. The maximum atomic E-state index is 12.6. The molecule has 1 aromatic rings. The molecule has 0 saturated heterocycles. The lowest BCUT2D eigenvalue weighted by Gasteiger charge is -2.32. The highest BCUT2D eigenvalue weighted by Gasteiger charge is 2.33. The molecule has 1 atom stereocenters. The van der Waals surface area contributed by atoms with Crippen LogP contribution < -0.4 is 16.5 Å². The smallest absolute Gasteiger partial charge is 0.407 e. The molecular formula is C19H32N4O3. The van der Waals surface area contributed by atoms with Gasteiger partial charge in [0.2, 0.25) is 0 Å². The minimum absolute atomic E-state index is 0.201. The van der Waals surface area contributed by atoms with Gasteiger partial charge in [-0.05, 0) is 30.2 Å². The van der Waals surface area contributed by atoms with E-state index >= 15 is 0 Å². The summed E-state index contributed by atoms with van der Waals surface area (Å²) in [7, 11) is 1.27. The molecule has 146 valence electrons. The number of alkyl carbamates (subject to hydrolysis) is 1. The molecule has 1 rings (SSSR count). The predicted molar refractivity (Wildman–Crippen MR) is 102 cm³/mol. The number of nitrogens with zero attached hydrogens (tertiary/aromatic N) is 1. The molecule has 0 bridgehead atoms. The number of benzene rings is 1. The number of hydrazine groups is 1. The molecule has 0 aliphatic rings. The number of ether oxygens (including phenoxy) is 1. The summed E-state index contributed by atoms with van der Waals surface area (Å²) in [5.41, 5.74) is 9.38. The minimum atomic E-state index is -0.728. The number of carbonyl (C=O) groups is 2. The van der Waals surface area contributed by atoms with Crippen LogP contribution in [0.1, 0.15) is 39.2 Å². The molecule has 0 fully saturated rings. The van der Waals surface area contributed by atoms with E-state index in [9.17, 15) is 9.59 Å². The number of aryl methyl sites for hydroxylation is 1. The maximum Gasteiger partial charge on any atom is 0.407 e. The van der Waals surface area contributed by atoms with Gasteiger partial charge in [0.15, 0.2) is 0 Å². The second-order valence-corrected chi connectivity index (χ2v) is 7.30. The number of rotatable bonds is 9. The standard InChI is InChI=1S/C19H32N4O3/c1-19(2,3)16(21-18(25)26-4)17(24)22-23(14-20)13-9-8-12-15-10-6-5-7-11-15/h5-7,10-11,16H,8-9,12-14,20H2,1-4H3,(H,21,25)(H,22,24)/t16-/m1/s1. The van der Waals surface area contributed by atoms with Crippen molar-refractivity contribution in [1.29, 1.82) is 0 Å². The van der Waals surface area contributed by atoms with Crippen molar-refractivity contribution in [2.24, 2.45) is 11.1 Å². The first kappa shape index (κ1) is 21.9. The number of hydrogen-bond acceptors (Lipinski definition) is 5. The first-order chi connectivity index (χ1) is 12.3. The highest BCUT2D eigenvalue weighted by Crippen LogP contribution is 2.19. The molecule has 0 aliphatic heterocycles. The Morgan fingerprint density at radius 2 is 1.85 bits per heavy atom. The molecule has 7 nitrogen and oxygen atoms in total. The van der Waals surface area contributed by atoms with Crippen molar-refractivity contribution in [3.05, 3.63) is 35.9 Å². The van der Waals surface area contributed by atoms with Gasteiger partial charge in [0.25, 0.3) is 5.91 Å².